The Morgan fingerprint density at radius 1 is 0.633 bits per heavy atom. The summed E-state index contributed by atoms with van der Waals surface area (Å²) in [6.07, 6.45) is 2.69. The molecule has 0 aromatic rings. The fourth-order valence-electron chi connectivity index (χ4n) is 2.37. The van der Waals surface area contributed by atoms with Gasteiger partial charge in [0, 0.05) is 13.0 Å². The van der Waals surface area contributed by atoms with E-state index in [9.17, 15) is 9.59 Å². The van der Waals surface area contributed by atoms with E-state index in [0.29, 0.717) is 59.0 Å². The van der Waals surface area contributed by atoms with Gasteiger partial charge in [-0.2, -0.15) is 0 Å². The molecule has 0 aromatic heterocycles. The van der Waals surface area contributed by atoms with Crippen LogP contribution in [0.15, 0.2) is 0 Å². The number of ether oxygens (including phenoxy) is 5. The lowest BCUT2D eigenvalue weighted by molar-refractivity contribution is -0.146. The van der Waals surface area contributed by atoms with Gasteiger partial charge in [0.2, 0.25) is 0 Å². The molecule has 178 valence electrons. The van der Waals surface area contributed by atoms with Gasteiger partial charge < -0.3 is 33.5 Å². The minimum Gasteiger partial charge on any atom is -0.463 e. The van der Waals surface area contributed by atoms with Gasteiger partial charge in [0.1, 0.15) is 13.2 Å². The summed E-state index contributed by atoms with van der Waals surface area (Å²) in [4.78, 5) is 27.1. The molecule has 0 spiro atoms. The Balaban J connectivity index is 3.30. The van der Waals surface area contributed by atoms with Crippen LogP contribution in [-0.2, 0) is 33.3 Å². The van der Waals surface area contributed by atoms with Crippen molar-refractivity contribution in [3.63, 3.8) is 0 Å². The highest BCUT2D eigenvalue weighted by Gasteiger charge is 2.06. The van der Waals surface area contributed by atoms with Gasteiger partial charge in [-0.25, -0.2) is 0 Å². The maximum absolute atomic E-state index is 11.7. The molecule has 9 nitrogen and oxygen atoms in total. The maximum atomic E-state index is 11.7. The number of hydrogen-bond acceptors (Lipinski definition) is 9. The van der Waals surface area contributed by atoms with Crippen molar-refractivity contribution in [1.82, 2.24) is 9.80 Å². The highest BCUT2D eigenvalue weighted by atomic mass is 16.6. The van der Waals surface area contributed by atoms with Crippen molar-refractivity contribution in [1.29, 1.82) is 0 Å². The normalized spacial score (nSPS) is 11.3. The molecule has 0 heterocycles. The van der Waals surface area contributed by atoms with Crippen LogP contribution in [-0.4, -0.2) is 115 Å². The van der Waals surface area contributed by atoms with E-state index in [1.54, 1.807) is 0 Å². The second-order valence-electron chi connectivity index (χ2n) is 7.24. The summed E-state index contributed by atoms with van der Waals surface area (Å²) in [5.74, 6) is -0.394. The molecular weight excluding hydrogens is 392 g/mol. The van der Waals surface area contributed by atoms with Crippen LogP contribution in [0.4, 0.5) is 0 Å². The van der Waals surface area contributed by atoms with Gasteiger partial charge in [0.15, 0.2) is 0 Å². The van der Waals surface area contributed by atoms with E-state index < -0.39 is 0 Å². The second-order valence-corrected chi connectivity index (χ2v) is 7.24. The molecule has 0 fully saturated rings. The summed E-state index contributed by atoms with van der Waals surface area (Å²) < 4.78 is 26.2. The Labute approximate surface area is 181 Å². The fourth-order valence-corrected chi connectivity index (χ4v) is 2.37. The number of esters is 2. The Morgan fingerprint density at radius 2 is 1.10 bits per heavy atom. The Morgan fingerprint density at radius 3 is 1.57 bits per heavy atom. The quantitative estimate of drug-likeness (QED) is 0.195. The molecule has 0 radical (unpaired) electrons. The average Bonchev–Trinajstić information content (AvgIpc) is 2.69. The molecule has 0 amide bonds. The zero-order valence-corrected chi connectivity index (χ0v) is 19.4. The molecule has 0 aromatic carbocycles. The van der Waals surface area contributed by atoms with E-state index in [-0.39, 0.29) is 25.2 Å². The molecular formula is C21H42N2O7. The van der Waals surface area contributed by atoms with Crippen LogP contribution in [0.25, 0.3) is 0 Å². The largest absolute Gasteiger partial charge is 0.463 e. The Bertz CT molecular complexity index is 422. The van der Waals surface area contributed by atoms with Crippen LogP contribution in [0.2, 0.25) is 0 Å². The highest BCUT2D eigenvalue weighted by molar-refractivity contribution is 5.69. The smallest absolute Gasteiger partial charge is 0.307 e. The first-order chi connectivity index (χ1) is 14.5. The van der Waals surface area contributed by atoms with Crippen LogP contribution in [0.3, 0.4) is 0 Å². The number of nitrogens with zero attached hydrogens (tertiary/aromatic N) is 2. The molecule has 0 N–H and O–H groups in total. The van der Waals surface area contributed by atoms with Crippen LogP contribution < -0.4 is 0 Å². The molecule has 0 rings (SSSR count). The minimum absolute atomic E-state index is 0.192. The zero-order valence-electron chi connectivity index (χ0n) is 19.4. The summed E-state index contributed by atoms with van der Waals surface area (Å²) in [5, 5.41) is 0. The summed E-state index contributed by atoms with van der Waals surface area (Å²) in [6.45, 7) is 7.64. The highest BCUT2D eigenvalue weighted by Crippen LogP contribution is 1.95. The fraction of sp³-hybridized carbons (Fsp3) is 0.905. The third kappa shape index (κ3) is 21.4. The Hall–Kier alpha value is -1.26. The van der Waals surface area contributed by atoms with Crippen LogP contribution >= 0.6 is 0 Å². The topological polar surface area (TPSA) is 86.8 Å². The molecule has 0 atom stereocenters. The first-order valence-corrected chi connectivity index (χ1v) is 10.8. The van der Waals surface area contributed by atoms with Gasteiger partial charge in [-0.3, -0.25) is 9.59 Å². The van der Waals surface area contributed by atoms with Crippen molar-refractivity contribution >= 4 is 11.9 Å². The van der Waals surface area contributed by atoms with Crippen LogP contribution in [0, 0.1) is 0 Å². The minimum atomic E-state index is -0.202. The van der Waals surface area contributed by atoms with Gasteiger partial charge in [0.05, 0.1) is 46.1 Å². The molecule has 0 bridgehead atoms. The number of carbonyl (C=O) groups is 2. The van der Waals surface area contributed by atoms with Crippen molar-refractivity contribution in [3.05, 3.63) is 0 Å². The predicted octanol–water partition coefficient (Wildman–Crippen LogP) is 1.20. The third-order valence-electron chi connectivity index (χ3n) is 4.02. The van der Waals surface area contributed by atoms with Crippen molar-refractivity contribution in [3.8, 4) is 0 Å². The molecule has 30 heavy (non-hydrogen) atoms. The number of rotatable bonds is 21. The summed E-state index contributed by atoms with van der Waals surface area (Å²) in [6, 6.07) is 0. The molecule has 0 saturated heterocycles. The van der Waals surface area contributed by atoms with E-state index in [4.69, 9.17) is 23.7 Å². The van der Waals surface area contributed by atoms with Gasteiger partial charge >= 0.3 is 11.9 Å². The van der Waals surface area contributed by atoms with E-state index >= 15 is 0 Å². The van der Waals surface area contributed by atoms with E-state index in [1.165, 1.54) is 0 Å². The maximum Gasteiger partial charge on any atom is 0.307 e. The van der Waals surface area contributed by atoms with Gasteiger partial charge in [-0.15, -0.1) is 0 Å². The van der Waals surface area contributed by atoms with Crippen molar-refractivity contribution < 1.29 is 33.3 Å². The first-order valence-electron chi connectivity index (χ1n) is 10.8. The predicted molar refractivity (Wildman–Crippen MR) is 115 cm³/mol. The molecule has 0 aliphatic carbocycles. The van der Waals surface area contributed by atoms with Crippen LogP contribution in [0.1, 0.15) is 32.6 Å². The van der Waals surface area contributed by atoms with E-state index in [1.807, 2.05) is 14.0 Å². The van der Waals surface area contributed by atoms with Gasteiger partial charge in [-0.1, -0.05) is 6.92 Å². The Kier molecular flexibility index (Phi) is 20.1. The van der Waals surface area contributed by atoms with Gasteiger partial charge in [0.25, 0.3) is 0 Å². The van der Waals surface area contributed by atoms with E-state index in [2.05, 4.69) is 23.9 Å². The molecule has 0 aliphatic heterocycles. The van der Waals surface area contributed by atoms with Crippen molar-refractivity contribution in [2.24, 2.45) is 0 Å². The zero-order chi connectivity index (χ0) is 22.5. The summed E-state index contributed by atoms with van der Waals surface area (Å²) in [7, 11) is 6.12. The van der Waals surface area contributed by atoms with Crippen molar-refractivity contribution in [2.75, 3.05) is 93.6 Å². The van der Waals surface area contributed by atoms with Crippen molar-refractivity contribution in [2.45, 2.75) is 32.6 Å². The lowest BCUT2D eigenvalue weighted by Crippen LogP contribution is -2.26. The summed E-state index contributed by atoms with van der Waals surface area (Å²) >= 11 is 0. The lowest BCUT2D eigenvalue weighted by Gasteiger charge is -2.17. The molecule has 0 saturated carbocycles. The SMILES string of the molecule is CCCC(=O)OCCOCCOCCOCCOC(=O)CCN(C)CCCN(C)C. The molecule has 9 heteroatoms. The lowest BCUT2D eigenvalue weighted by atomic mass is 10.3. The standard InChI is InChI=1S/C21H42N2O7/c1-5-7-20(24)29-18-16-27-14-12-26-13-15-28-17-19-30-21(25)8-11-23(4)10-6-9-22(2)3/h5-19H2,1-4H3. The first kappa shape index (κ1) is 28.7. The van der Waals surface area contributed by atoms with Crippen LogP contribution in [0.5, 0.6) is 0 Å². The summed E-state index contributed by atoms with van der Waals surface area (Å²) in [5.41, 5.74) is 0. The molecule has 0 unspecified atom stereocenters. The van der Waals surface area contributed by atoms with Gasteiger partial charge in [-0.05, 0) is 47.1 Å². The van der Waals surface area contributed by atoms with E-state index in [0.717, 1.165) is 25.9 Å². The number of carbonyl (C=O) groups excluding carboxylic acids is 2. The molecule has 0 aliphatic rings. The second kappa shape index (κ2) is 21.0. The monoisotopic (exact) mass is 434 g/mol. The average molecular weight is 435 g/mol. The third-order valence-corrected chi connectivity index (χ3v) is 4.02. The number of hydrogen-bond donors (Lipinski definition) is 0.